The van der Waals surface area contributed by atoms with Crippen LogP contribution in [0.4, 0.5) is 4.39 Å². The van der Waals surface area contributed by atoms with E-state index in [1.54, 1.807) is 30.3 Å². The van der Waals surface area contributed by atoms with Gasteiger partial charge in [-0.2, -0.15) is 5.10 Å². The maximum absolute atomic E-state index is 13.6. The van der Waals surface area contributed by atoms with Crippen LogP contribution < -0.4 is 19.6 Å². The number of benzene rings is 2. The number of hydrazone groups is 1. The second-order valence-electron chi connectivity index (χ2n) is 6.47. The molecule has 2 atom stereocenters. The van der Waals surface area contributed by atoms with Crippen LogP contribution in [0.15, 0.2) is 46.7 Å². The standard InChI is InChI=1S/C20H18FN3O5/c1-11-17(20(25)23-22-9-12-5-3-4-6-14(12)21)24-29-18(11)13-7-15(26-2)19-16(8-13)27-10-28-19/h3-9,11,18H,10H2,1-2H3,(H,23,25). The van der Waals surface area contributed by atoms with Gasteiger partial charge in [-0.25, -0.2) is 9.82 Å². The van der Waals surface area contributed by atoms with E-state index in [1.165, 1.54) is 19.4 Å². The van der Waals surface area contributed by atoms with Gasteiger partial charge >= 0.3 is 0 Å². The summed E-state index contributed by atoms with van der Waals surface area (Å²) in [5, 5.41) is 7.71. The molecule has 2 aromatic carbocycles. The number of oxime groups is 1. The average molecular weight is 399 g/mol. The number of hydrogen-bond acceptors (Lipinski definition) is 7. The van der Waals surface area contributed by atoms with Gasteiger partial charge in [0, 0.05) is 11.1 Å². The molecule has 2 aromatic rings. The fourth-order valence-electron chi connectivity index (χ4n) is 3.14. The highest BCUT2D eigenvalue weighted by molar-refractivity contribution is 6.39. The van der Waals surface area contributed by atoms with Crippen molar-refractivity contribution in [3.63, 3.8) is 0 Å². The second-order valence-corrected chi connectivity index (χ2v) is 6.47. The molecule has 1 N–H and O–H groups in total. The molecular weight excluding hydrogens is 381 g/mol. The van der Waals surface area contributed by atoms with Crippen LogP contribution >= 0.6 is 0 Å². The molecule has 29 heavy (non-hydrogen) atoms. The van der Waals surface area contributed by atoms with Crippen LogP contribution in [-0.4, -0.2) is 31.7 Å². The van der Waals surface area contributed by atoms with Crippen LogP contribution in [0, 0.1) is 11.7 Å². The van der Waals surface area contributed by atoms with E-state index in [9.17, 15) is 9.18 Å². The van der Waals surface area contributed by atoms with Gasteiger partial charge in [-0.3, -0.25) is 4.79 Å². The normalized spacial score (nSPS) is 19.8. The Labute approximate surface area is 165 Å². The van der Waals surface area contributed by atoms with Crippen molar-refractivity contribution in [3.05, 3.63) is 53.3 Å². The molecule has 0 aromatic heterocycles. The Morgan fingerprint density at radius 2 is 2.17 bits per heavy atom. The first-order valence-corrected chi connectivity index (χ1v) is 8.87. The van der Waals surface area contributed by atoms with E-state index in [4.69, 9.17) is 19.0 Å². The third kappa shape index (κ3) is 3.58. The molecule has 0 saturated heterocycles. The number of hydrogen-bond donors (Lipinski definition) is 1. The van der Waals surface area contributed by atoms with Crippen molar-refractivity contribution in [2.75, 3.05) is 13.9 Å². The van der Waals surface area contributed by atoms with Gasteiger partial charge in [0.1, 0.15) is 5.82 Å². The van der Waals surface area contributed by atoms with E-state index < -0.39 is 17.8 Å². The molecule has 2 heterocycles. The SMILES string of the molecule is COc1cc(C2ON=C(C(=O)NN=Cc3ccccc3F)C2C)cc2c1OCO2. The molecule has 0 bridgehead atoms. The fraction of sp³-hybridized carbons (Fsp3) is 0.250. The average Bonchev–Trinajstić information content (AvgIpc) is 3.35. The van der Waals surface area contributed by atoms with Gasteiger partial charge in [-0.05, 0) is 18.2 Å². The largest absolute Gasteiger partial charge is 0.493 e. The van der Waals surface area contributed by atoms with Crippen molar-refractivity contribution in [2.24, 2.45) is 16.2 Å². The van der Waals surface area contributed by atoms with E-state index in [2.05, 4.69) is 15.7 Å². The van der Waals surface area contributed by atoms with Crippen LogP contribution in [-0.2, 0) is 9.63 Å². The lowest BCUT2D eigenvalue weighted by atomic mass is 9.93. The minimum absolute atomic E-state index is 0.112. The lowest BCUT2D eigenvalue weighted by Gasteiger charge is -2.16. The molecule has 8 nitrogen and oxygen atoms in total. The molecule has 0 aliphatic carbocycles. The van der Waals surface area contributed by atoms with E-state index in [-0.39, 0.29) is 24.0 Å². The Hall–Kier alpha value is -3.62. The van der Waals surface area contributed by atoms with Gasteiger partial charge in [-0.15, -0.1) is 0 Å². The molecule has 2 aliphatic heterocycles. The number of methoxy groups -OCH3 is 1. The van der Waals surface area contributed by atoms with Gasteiger partial charge in [0.15, 0.2) is 23.3 Å². The lowest BCUT2D eigenvalue weighted by molar-refractivity contribution is -0.115. The molecule has 2 unspecified atom stereocenters. The summed E-state index contributed by atoms with van der Waals surface area (Å²) in [4.78, 5) is 17.9. The Morgan fingerprint density at radius 1 is 1.34 bits per heavy atom. The summed E-state index contributed by atoms with van der Waals surface area (Å²) in [5.74, 6) is 0.269. The van der Waals surface area contributed by atoms with Crippen molar-refractivity contribution in [2.45, 2.75) is 13.0 Å². The summed E-state index contributed by atoms with van der Waals surface area (Å²) in [6.45, 7) is 1.92. The lowest BCUT2D eigenvalue weighted by Crippen LogP contribution is -2.31. The molecule has 150 valence electrons. The van der Waals surface area contributed by atoms with Gasteiger partial charge in [0.2, 0.25) is 12.5 Å². The summed E-state index contributed by atoms with van der Waals surface area (Å²) >= 11 is 0. The topological polar surface area (TPSA) is 90.7 Å². The Kier molecular flexibility index (Phi) is 5.03. The predicted molar refractivity (Wildman–Crippen MR) is 102 cm³/mol. The predicted octanol–water partition coefficient (Wildman–Crippen LogP) is 2.78. The van der Waals surface area contributed by atoms with Crippen LogP contribution in [0.25, 0.3) is 0 Å². The highest BCUT2D eigenvalue weighted by Gasteiger charge is 2.37. The summed E-state index contributed by atoms with van der Waals surface area (Å²) in [6.07, 6.45) is 0.726. The zero-order chi connectivity index (χ0) is 20.4. The number of nitrogens with zero attached hydrogens (tertiary/aromatic N) is 2. The summed E-state index contributed by atoms with van der Waals surface area (Å²) < 4.78 is 29.8. The van der Waals surface area contributed by atoms with Crippen LogP contribution in [0.2, 0.25) is 0 Å². The molecule has 0 spiro atoms. The number of ether oxygens (including phenoxy) is 3. The molecule has 2 aliphatic rings. The number of halogens is 1. The Bertz CT molecular complexity index is 1010. The van der Waals surface area contributed by atoms with Crippen molar-refractivity contribution in [3.8, 4) is 17.2 Å². The Balaban J connectivity index is 1.45. The molecule has 9 heteroatoms. The van der Waals surface area contributed by atoms with E-state index in [0.29, 0.717) is 17.2 Å². The highest BCUT2D eigenvalue weighted by atomic mass is 19.1. The van der Waals surface area contributed by atoms with Gasteiger partial charge in [-0.1, -0.05) is 30.3 Å². The molecular formula is C20H18FN3O5. The number of carbonyl (C=O) groups excluding carboxylic acids is 1. The Morgan fingerprint density at radius 3 is 2.97 bits per heavy atom. The summed E-state index contributed by atoms with van der Waals surface area (Å²) in [5.41, 5.74) is 3.52. The number of fused-ring (bicyclic) bond motifs is 1. The molecule has 1 amide bonds. The summed E-state index contributed by atoms with van der Waals surface area (Å²) in [7, 11) is 1.53. The third-order valence-corrected chi connectivity index (χ3v) is 4.67. The zero-order valence-electron chi connectivity index (χ0n) is 15.7. The molecule has 0 fully saturated rings. The van der Waals surface area contributed by atoms with Gasteiger partial charge in [0.25, 0.3) is 5.91 Å². The van der Waals surface area contributed by atoms with Crippen molar-refractivity contribution >= 4 is 17.8 Å². The van der Waals surface area contributed by atoms with E-state index in [0.717, 1.165) is 5.56 Å². The van der Waals surface area contributed by atoms with Gasteiger partial charge in [0.05, 0.1) is 19.2 Å². The first-order valence-electron chi connectivity index (χ1n) is 8.87. The third-order valence-electron chi connectivity index (χ3n) is 4.67. The monoisotopic (exact) mass is 399 g/mol. The number of carbonyl (C=O) groups is 1. The first-order chi connectivity index (χ1) is 14.1. The highest BCUT2D eigenvalue weighted by Crippen LogP contribution is 2.45. The molecule has 0 radical (unpaired) electrons. The zero-order valence-corrected chi connectivity index (χ0v) is 15.7. The quantitative estimate of drug-likeness (QED) is 0.617. The number of amides is 1. The van der Waals surface area contributed by atoms with E-state index >= 15 is 0 Å². The van der Waals surface area contributed by atoms with Crippen molar-refractivity contribution in [1.82, 2.24) is 5.43 Å². The van der Waals surface area contributed by atoms with Crippen LogP contribution in [0.3, 0.4) is 0 Å². The van der Waals surface area contributed by atoms with E-state index in [1.807, 2.05) is 6.92 Å². The summed E-state index contributed by atoms with van der Waals surface area (Å²) in [6, 6.07) is 9.65. The second kappa shape index (κ2) is 7.78. The minimum Gasteiger partial charge on any atom is -0.493 e. The smallest absolute Gasteiger partial charge is 0.289 e. The van der Waals surface area contributed by atoms with Crippen LogP contribution in [0.1, 0.15) is 24.2 Å². The van der Waals surface area contributed by atoms with Gasteiger partial charge < -0.3 is 19.0 Å². The first kappa shape index (κ1) is 18.7. The van der Waals surface area contributed by atoms with Crippen LogP contribution in [0.5, 0.6) is 17.2 Å². The van der Waals surface area contributed by atoms with Crippen molar-refractivity contribution < 1.29 is 28.2 Å². The maximum atomic E-state index is 13.6. The van der Waals surface area contributed by atoms with Crippen molar-refractivity contribution in [1.29, 1.82) is 0 Å². The molecule has 4 rings (SSSR count). The molecule has 0 saturated carbocycles. The minimum atomic E-state index is -0.528. The number of rotatable bonds is 5. The fourth-order valence-corrected chi connectivity index (χ4v) is 3.14. The number of nitrogens with one attached hydrogen (secondary N) is 1. The maximum Gasteiger partial charge on any atom is 0.289 e.